The van der Waals surface area contributed by atoms with Crippen molar-refractivity contribution in [1.29, 1.82) is 0 Å². The van der Waals surface area contributed by atoms with Crippen LogP contribution in [0, 0.1) is 26.7 Å². The summed E-state index contributed by atoms with van der Waals surface area (Å²) in [6.45, 7) is 6.79. The zero-order chi connectivity index (χ0) is 14.7. The van der Waals surface area contributed by atoms with Crippen LogP contribution >= 0.6 is 0 Å². The van der Waals surface area contributed by atoms with E-state index in [0.29, 0.717) is 13.0 Å². The first-order valence-electron chi connectivity index (χ1n) is 7.49. The molecule has 3 heteroatoms. The molecule has 0 radical (unpaired) electrons. The van der Waals surface area contributed by atoms with Gasteiger partial charge in [-0.15, -0.1) is 0 Å². The lowest BCUT2D eigenvalue weighted by atomic mass is 9.97. The van der Waals surface area contributed by atoms with E-state index in [4.69, 9.17) is 0 Å². The number of hydrogen-bond acceptors (Lipinski definition) is 2. The van der Waals surface area contributed by atoms with Gasteiger partial charge in [-0.05, 0) is 50.3 Å². The Kier molecular flexibility index (Phi) is 4.81. The molecule has 3 nitrogen and oxygen atoms in total. The summed E-state index contributed by atoms with van der Waals surface area (Å²) in [5.41, 5.74) is 4.72. The zero-order valence-electron chi connectivity index (χ0n) is 12.7. The molecule has 0 aromatic heterocycles. The molecule has 1 aromatic carbocycles. The number of aliphatic hydroxyl groups excluding tert-OH is 1. The first-order valence-corrected chi connectivity index (χ1v) is 7.49. The molecule has 0 aliphatic heterocycles. The van der Waals surface area contributed by atoms with Crippen molar-refractivity contribution in [3.05, 3.63) is 34.4 Å². The van der Waals surface area contributed by atoms with E-state index in [0.717, 1.165) is 24.8 Å². The standard InChI is InChI=1S/C17H25NO2/c1-11-7-12(2)15(13(3)8-11)9-17(20)18-10-14-5-4-6-16(14)19/h7-8,14,16,19H,4-6,9-10H2,1-3H3,(H,18,20)/t14-,16+/m0/s1. The first-order chi connectivity index (χ1) is 9.47. The van der Waals surface area contributed by atoms with E-state index in [9.17, 15) is 9.90 Å². The summed E-state index contributed by atoms with van der Waals surface area (Å²) in [6.07, 6.45) is 3.15. The van der Waals surface area contributed by atoms with Crippen molar-refractivity contribution in [3.63, 3.8) is 0 Å². The van der Waals surface area contributed by atoms with E-state index in [2.05, 4.69) is 38.2 Å². The Hall–Kier alpha value is -1.35. The number of hydrogen-bond donors (Lipinski definition) is 2. The van der Waals surface area contributed by atoms with E-state index in [1.807, 2.05) is 0 Å². The summed E-state index contributed by atoms with van der Waals surface area (Å²) in [6, 6.07) is 4.24. The number of carbonyl (C=O) groups excluding carboxylic acids is 1. The highest BCUT2D eigenvalue weighted by Crippen LogP contribution is 2.24. The third-order valence-corrected chi connectivity index (χ3v) is 4.36. The van der Waals surface area contributed by atoms with E-state index in [1.165, 1.54) is 16.7 Å². The minimum atomic E-state index is -0.238. The molecule has 2 atom stereocenters. The molecule has 20 heavy (non-hydrogen) atoms. The Balaban J connectivity index is 1.91. The Morgan fingerprint density at radius 1 is 1.25 bits per heavy atom. The monoisotopic (exact) mass is 275 g/mol. The molecular weight excluding hydrogens is 250 g/mol. The molecule has 1 amide bonds. The molecule has 110 valence electrons. The fourth-order valence-electron chi connectivity index (χ4n) is 3.21. The van der Waals surface area contributed by atoms with Crippen molar-refractivity contribution in [3.8, 4) is 0 Å². The van der Waals surface area contributed by atoms with Gasteiger partial charge in [0.1, 0.15) is 0 Å². The van der Waals surface area contributed by atoms with Crippen molar-refractivity contribution in [1.82, 2.24) is 5.32 Å². The average Bonchev–Trinajstić information content (AvgIpc) is 2.77. The zero-order valence-corrected chi connectivity index (χ0v) is 12.7. The smallest absolute Gasteiger partial charge is 0.224 e. The lowest BCUT2D eigenvalue weighted by Gasteiger charge is -2.16. The summed E-state index contributed by atoms with van der Waals surface area (Å²) >= 11 is 0. The third kappa shape index (κ3) is 3.60. The fraction of sp³-hybridized carbons (Fsp3) is 0.588. The predicted octanol–water partition coefficient (Wildman–Crippen LogP) is 2.43. The van der Waals surface area contributed by atoms with E-state index in [1.54, 1.807) is 0 Å². The highest BCUT2D eigenvalue weighted by atomic mass is 16.3. The largest absolute Gasteiger partial charge is 0.393 e. The molecule has 2 N–H and O–H groups in total. The van der Waals surface area contributed by atoms with Crippen LogP contribution in [0.5, 0.6) is 0 Å². The molecule has 0 spiro atoms. The summed E-state index contributed by atoms with van der Waals surface area (Å²) in [5.74, 6) is 0.290. The molecule has 0 unspecified atom stereocenters. The van der Waals surface area contributed by atoms with Gasteiger partial charge in [-0.25, -0.2) is 0 Å². The van der Waals surface area contributed by atoms with Gasteiger partial charge >= 0.3 is 0 Å². The molecule has 2 rings (SSSR count). The van der Waals surface area contributed by atoms with Crippen LogP contribution in [-0.2, 0) is 11.2 Å². The first kappa shape index (κ1) is 15.0. The van der Waals surface area contributed by atoms with Crippen LogP contribution in [-0.4, -0.2) is 23.7 Å². The maximum atomic E-state index is 12.1. The molecule has 0 bridgehead atoms. The number of nitrogens with one attached hydrogen (secondary N) is 1. The number of rotatable bonds is 4. The molecule has 1 aliphatic carbocycles. The normalized spacial score (nSPS) is 22.0. The predicted molar refractivity (Wildman–Crippen MR) is 80.7 cm³/mol. The van der Waals surface area contributed by atoms with Gasteiger partial charge in [0.2, 0.25) is 5.91 Å². The SMILES string of the molecule is Cc1cc(C)c(CC(=O)NC[C@@H]2CCC[C@H]2O)c(C)c1. The average molecular weight is 275 g/mol. The summed E-state index contributed by atoms with van der Waals surface area (Å²) in [7, 11) is 0. The topological polar surface area (TPSA) is 49.3 Å². The van der Waals surface area contributed by atoms with Crippen molar-refractivity contribution in [2.24, 2.45) is 5.92 Å². The Morgan fingerprint density at radius 2 is 1.90 bits per heavy atom. The maximum absolute atomic E-state index is 12.1. The van der Waals surface area contributed by atoms with Crippen molar-refractivity contribution in [2.75, 3.05) is 6.54 Å². The van der Waals surface area contributed by atoms with E-state index in [-0.39, 0.29) is 17.9 Å². The second kappa shape index (κ2) is 6.40. The van der Waals surface area contributed by atoms with Crippen LogP contribution in [0.25, 0.3) is 0 Å². The van der Waals surface area contributed by atoms with Gasteiger partial charge in [-0.1, -0.05) is 24.1 Å². The van der Waals surface area contributed by atoms with Crippen LogP contribution in [0.15, 0.2) is 12.1 Å². The summed E-state index contributed by atoms with van der Waals surface area (Å²) < 4.78 is 0. The molecule has 1 aromatic rings. The number of aliphatic hydroxyl groups is 1. The number of amides is 1. The molecule has 1 fully saturated rings. The summed E-state index contributed by atoms with van der Waals surface area (Å²) in [4.78, 5) is 12.1. The lowest BCUT2D eigenvalue weighted by Crippen LogP contribution is -2.33. The molecule has 0 saturated heterocycles. The molecule has 0 heterocycles. The molecule has 1 saturated carbocycles. The van der Waals surface area contributed by atoms with Gasteiger partial charge in [0, 0.05) is 12.5 Å². The van der Waals surface area contributed by atoms with Crippen LogP contribution in [0.3, 0.4) is 0 Å². The van der Waals surface area contributed by atoms with Crippen LogP contribution in [0.2, 0.25) is 0 Å². The number of benzene rings is 1. The molecular formula is C17H25NO2. The fourth-order valence-corrected chi connectivity index (χ4v) is 3.21. The third-order valence-electron chi connectivity index (χ3n) is 4.36. The van der Waals surface area contributed by atoms with Gasteiger partial charge in [0.25, 0.3) is 0 Å². The van der Waals surface area contributed by atoms with Crippen LogP contribution in [0.1, 0.15) is 41.5 Å². The van der Waals surface area contributed by atoms with Crippen molar-refractivity contribution < 1.29 is 9.90 Å². The Morgan fingerprint density at radius 3 is 2.45 bits per heavy atom. The van der Waals surface area contributed by atoms with Gasteiger partial charge in [-0.2, -0.15) is 0 Å². The number of carbonyl (C=O) groups is 1. The number of aryl methyl sites for hydroxylation is 3. The van der Waals surface area contributed by atoms with E-state index < -0.39 is 0 Å². The van der Waals surface area contributed by atoms with E-state index >= 15 is 0 Å². The minimum Gasteiger partial charge on any atom is -0.393 e. The highest BCUT2D eigenvalue weighted by Gasteiger charge is 2.25. The van der Waals surface area contributed by atoms with Crippen molar-refractivity contribution in [2.45, 2.75) is 52.6 Å². The van der Waals surface area contributed by atoms with Gasteiger partial charge in [0.05, 0.1) is 12.5 Å². The van der Waals surface area contributed by atoms with Crippen molar-refractivity contribution >= 4 is 5.91 Å². The quantitative estimate of drug-likeness (QED) is 0.886. The maximum Gasteiger partial charge on any atom is 0.224 e. The highest BCUT2D eigenvalue weighted by molar-refractivity contribution is 5.79. The van der Waals surface area contributed by atoms with Gasteiger partial charge < -0.3 is 10.4 Å². The van der Waals surface area contributed by atoms with Crippen LogP contribution in [0.4, 0.5) is 0 Å². The Labute approximate surface area is 121 Å². The second-order valence-corrected chi connectivity index (χ2v) is 6.12. The Bertz CT molecular complexity index is 473. The summed E-state index contributed by atoms with van der Waals surface area (Å²) in [5, 5.41) is 12.7. The second-order valence-electron chi connectivity index (χ2n) is 6.12. The minimum absolute atomic E-state index is 0.0548. The van der Waals surface area contributed by atoms with Gasteiger partial charge in [-0.3, -0.25) is 4.79 Å². The van der Waals surface area contributed by atoms with Gasteiger partial charge in [0.15, 0.2) is 0 Å². The molecule has 1 aliphatic rings. The van der Waals surface area contributed by atoms with Crippen LogP contribution < -0.4 is 5.32 Å². The lowest BCUT2D eigenvalue weighted by molar-refractivity contribution is -0.120.